The van der Waals surface area contributed by atoms with Crippen molar-refractivity contribution < 1.29 is 19.6 Å². The Balaban J connectivity index is 2.28. The van der Waals surface area contributed by atoms with Crippen molar-refractivity contribution in [3.8, 4) is 5.75 Å². The lowest BCUT2D eigenvalue weighted by Gasteiger charge is -2.38. The Labute approximate surface area is 179 Å². The SMILES string of the molecule is CC(O)C(=O)N1CCC([C@@H](N[S+]([O-])C(C)(C)C)c2cc(Cl)c(Cl)cc2O)CC1. The maximum absolute atomic E-state index is 12.8. The van der Waals surface area contributed by atoms with Gasteiger partial charge in [-0.15, -0.1) is 4.72 Å². The van der Waals surface area contributed by atoms with E-state index in [2.05, 4.69) is 4.72 Å². The zero-order valence-electron chi connectivity index (χ0n) is 16.5. The minimum atomic E-state index is -1.37. The van der Waals surface area contributed by atoms with Crippen LogP contribution in [0.3, 0.4) is 0 Å². The molecule has 6 nitrogen and oxygen atoms in total. The lowest BCUT2D eigenvalue weighted by molar-refractivity contribution is -0.140. The highest BCUT2D eigenvalue weighted by molar-refractivity contribution is 7.90. The van der Waals surface area contributed by atoms with Crippen molar-refractivity contribution in [1.29, 1.82) is 0 Å². The van der Waals surface area contributed by atoms with Gasteiger partial charge in [-0.25, -0.2) is 0 Å². The first-order chi connectivity index (χ1) is 12.9. The van der Waals surface area contributed by atoms with E-state index in [1.165, 1.54) is 13.0 Å². The summed E-state index contributed by atoms with van der Waals surface area (Å²) in [7, 11) is 0. The lowest BCUT2D eigenvalue weighted by Crippen LogP contribution is -2.47. The van der Waals surface area contributed by atoms with E-state index in [4.69, 9.17) is 23.2 Å². The van der Waals surface area contributed by atoms with E-state index in [0.717, 1.165) is 0 Å². The molecule has 1 amide bonds. The van der Waals surface area contributed by atoms with Crippen LogP contribution < -0.4 is 4.72 Å². The van der Waals surface area contributed by atoms with Gasteiger partial charge in [0.15, 0.2) is 0 Å². The number of carbonyl (C=O) groups excluding carboxylic acids is 1. The molecule has 0 saturated carbocycles. The van der Waals surface area contributed by atoms with Gasteiger partial charge in [0.25, 0.3) is 5.91 Å². The number of aliphatic hydroxyl groups excluding tert-OH is 1. The van der Waals surface area contributed by atoms with Crippen LogP contribution in [-0.4, -0.2) is 49.5 Å². The topological polar surface area (TPSA) is 95.9 Å². The Kier molecular flexibility index (Phi) is 7.92. The molecule has 1 aromatic carbocycles. The van der Waals surface area contributed by atoms with Gasteiger partial charge in [0, 0.05) is 36.1 Å². The molecular weight excluding hydrogens is 423 g/mol. The number of hydrogen-bond donors (Lipinski definition) is 3. The number of phenolic OH excluding ortho intramolecular Hbond substituents is 1. The number of phenols is 1. The predicted molar refractivity (Wildman–Crippen MR) is 113 cm³/mol. The number of aromatic hydroxyl groups is 1. The van der Waals surface area contributed by atoms with Crippen molar-refractivity contribution >= 4 is 40.5 Å². The monoisotopic (exact) mass is 450 g/mol. The van der Waals surface area contributed by atoms with E-state index >= 15 is 0 Å². The number of carbonyl (C=O) groups is 1. The van der Waals surface area contributed by atoms with Gasteiger partial charge in [-0.3, -0.25) is 4.79 Å². The number of hydrogen-bond acceptors (Lipinski definition) is 5. The Hall–Kier alpha value is -0.700. The molecule has 1 saturated heterocycles. The van der Waals surface area contributed by atoms with Crippen LogP contribution in [0.15, 0.2) is 12.1 Å². The second-order valence-electron chi connectivity index (χ2n) is 8.14. The molecule has 1 aliphatic rings. The number of halogens is 2. The Morgan fingerprint density at radius 1 is 1.29 bits per heavy atom. The van der Waals surface area contributed by atoms with Crippen molar-refractivity contribution in [3.63, 3.8) is 0 Å². The molecule has 0 radical (unpaired) electrons. The number of aliphatic hydroxyl groups is 1. The number of piperidine rings is 1. The van der Waals surface area contributed by atoms with E-state index in [0.29, 0.717) is 36.5 Å². The van der Waals surface area contributed by atoms with E-state index < -0.39 is 28.3 Å². The number of rotatable bonds is 5. The van der Waals surface area contributed by atoms with Crippen LogP contribution in [0.1, 0.15) is 52.1 Å². The number of benzene rings is 1. The predicted octanol–water partition coefficient (Wildman–Crippen LogP) is 3.41. The van der Waals surface area contributed by atoms with Crippen LogP contribution in [0.4, 0.5) is 0 Å². The largest absolute Gasteiger partial charge is 0.598 e. The summed E-state index contributed by atoms with van der Waals surface area (Å²) in [5.41, 5.74) is 0.535. The fourth-order valence-electron chi connectivity index (χ4n) is 3.22. The minimum absolute atomic E-state index is 0.0136. The van der Waals surface area contributed by atoms with Gasteiger partial charge in [-0.05, 0) is 52.5 Å². The van der Waals surface area contributed by atoms with Crippen molar-refractivity contribution in [1.82, 2.24) is 9.62 Å². The molecule has 1 aliphatic heterocycles. The third-order valence-electron chi connectivity index (χ3n) is 4.87. The summed E-state index contributed by atoms with van der Waals surface area (Å²) in [6.07, 6.45) is 0.242. The molecule has 0 spiro atoms. The van der Waals surface area contributed by atoms with Gasteiger partial charge in [0.2, 0.25) is 0 Å². The smallest absolute Gasteiger partial charge is 0.251 e. The highest BCUT2D eigenvalue weighted by Crippen LogP contribution is 2.40. The van der Waals surface area contributed by atoms with E-state index in [1.807, 2.05) is 20.8 Å². The summed E-state index contributed by atoms with van der Waals surface area (Å²) in [6.45, 7) is 8.02. The van der Waals surface area contributed by atoms with Crippen molar-refractivity contribution in [2.45, 2.75) is 57.4 Å². The van der Waals surface area contributed by atoms with Crippen LogP contribution in [0, 0.1) is 5.92 Å². The van der Waals surface area contributed by atoms with Gasteiger partial charge in [-0.2, -0.15) is 0 Å². The molecule has 3 atom stereocenters. The molecule has 1 heterocycles. The number of amides is 1. The third kappa shape index (κ3) is 5.68. The summed E-state index contributed by atoms with van der Waals surface area (Å²) < 4.78 is 15.4. The quantitative estimate of drug-likeness (QED) is 0.597. The molecule has 0 bridgehead atoms. The van der Waals surface area contributed by atoms with Gasteiger partial charge in [0.05, 0.1) is 16.1 Å². The first-order valence-corrected chi connectivity index (χ1v) is 11.1. The average molecular weight is 451 g/mol. The van der Waals surface area contributed by atoms with Gasteiger partial charge >= 0.3 is 0 Å². The second kappa shape index (κ2) is 9.41. The molecular formula is C19H28Cl2N2O4S. The molecule has 158 valence electrons. The first-order valence-electron chi connectivity index (χ1n) is 9.24. The van der Waals surface area contributed by atoms with Crippen LogP contribution >= 0.6 is 23.2 Å². The van der Waals surface area contributed by atoms with Crippen LogP contribution in [0.5, 0.6) is 5.75 Å². The second-order valence-corrected chi connectivity index (χ2v) is 11.0. The standard InChI is InChI=1S/C19H28Cl2N2O4S/c1-11(24)18(26)23-7-5-12(6-8-23)17(22-28(27)19(2,3)4)13-9-14(20)15(21)10-16(13)25/h9-12,17,22,24-25H,5-8H2,1-4H3/t11?,17-,28?/m1/s1. The Bertz CT molecular complexity index is 704. The highest BCUT2D eigenvalue weighted by Gasteiger charge is 2.37. The fourth-order valence-corrected chi connectivity index (χ4v) is 4.46. The molecule has 1 aromatic rings. The Morgan fingerprint density at radius 2 is 1.82 bits per heavy atom. The van der Waals surface area contributed by atoms with Gasteiger partial charge in [-0.1, -0.05) is 23.2 Å². The average Bonchev–Trinajstić information content (AvgIpc) is 2.61. The molecule has 0 aliphatic carbocycles. The molecule has 3 N–H and O–H groups in total. The molecule has 1 fully saturated rings. The maximum atomic E-state index is 12.8. The zero-order chi connectivity index (χ0) is 21.2. The van der Waals surface area contributed by atoms with Crippen molar-refractivity contribution in [2.75, 3.05) is 13.1 Å². The summed E-state index contributed by atoms with van der Waals surface area (Å²) in [5, 5.41) is 20.5. The van der Waals surface area contributed by atoms with Gasteiger partial charge < -0.3 is 19.7 Å². The van der Waals surface area contributed by atoms with Crippen molar-refractivity contribution in [3.05, 3.63) is 27.7 Å². The lowest BCUT2D eigenvalue weighted by atomic mass is 9.85. The van der Waals surface area contributed by atoms with E-state index in [1.54, 1.807) is 11.0 Å². The van der Waals surface area contributed by atoms with E-state index in [-0.39, 0.29) is 22.6 Å². The molecule has 0 aromatic heterocycles. The summed E-state index contributed by atoms with van der Waals surface area (Å²) in [5.74, 6) is -0.286. The Morgan fingerprint density at radius 3 is 2.32 bits per heavy atom. The van der Waals surface area contributed by atoms with Crippen LogP contribution in [-0.2, 0) is 16.2 Å². The van der Waals surface area contributed by atoms with Gasteiger partial charge in [0.1, 0.15) is 16.6 Å². The fraction of sp³-hybridized carbons (Fsp3) is 0.632. The number of likely N-dealkylation sites (tertiary alicyclic amines) is 1. The summed E-state index contributed by atoms with van der Waals surface area (Å²) in [6, 6.07) is 2.57. The maximum Gasteiger partial charge on any atom is 0.251 e. The van der Waals surface area contributed by atoms with Crippen LogP contribution in [0.2, 0.25) is 10.0 Å². The highest BCUT2D eigenvalue weighted by atomic mass is 35.5. The first kappa shape index (κ1) is 23.6. The molecule has 2 rings (SSSR count). The van der Waals surface area contributed by atoms with Crippen molar-refractivity contribution in [2.24, 2.45) is 5.92 Å². The van der Waals surface area contributed by atoms with Crippen LogP contribution in [0.25, 0.3) is 0 Å². The third-order valence-corrected chi connectivity index (χ3v) is 7.18. The minimum Gasteiger partial charge on any atom is -0.598 e. The number of nitrogens with zero attached hydrogens (tertiary/aromatic N) is 1. The van der Waals surface area contributed by atoms with E-state index in [9.17, 15) is 19.6 Å². The number of nitrogens with one attached hydrogen (secondary N) is 1. The molecule has 2 unspecified atom stereocenters. The molecule has 28 heavy (non-hydrogen) atoms. The summed E-state index contributed by atoms with van der Waals surface area (Å²) >= 11 is 10.8. The zero-order valence-corrected chi connectivity index (χ0v) is 18.9. The normalized spacial score (nSPS) is 19.4. The molecule has 9 heteroatoms. The summed E-state index contributed by atoms with van der Waals surface area (Å²) in [4.78, 5) is 13.7.